The van der Waals surface area contributed by atoms with Gasteiger partial charge in [-0.3, -0.25) is 4.79 Å². The van der Waals surface area contributed by atoms with Gasteiger partial charge in [-0.25, -0.2) is 9.97 Å². The van der Waals surface area contributed by atoms with Crippen LogP contribution in [0.15, 0.2) is 39.2 Å². The van der Waals surface area contributed by atoms with Gasteiger partial charge in [0, 0.05) is 29.4 Å². The summed E-state index contributed by atoms with van der Waals surface area (Å²) < 4.78 is 0. The molecule has 112 valence electrons. The van der Waals surface area contributed by atoms with E-state index in [1.165, 1.54) is 11.8 Å². The van der Waals surface area contributed by atoms with E-state index in [1.54, 1.807) is 12.3 Å². The molecule has 5 nitrogen and oxygen atoms in total. The van der Waals surface area contributed by atoms with Crippen molar-refractivity contribution in [2.24, 2.45) is 0 Å². The summed E-state index contributed by atoms with van der Waals surface area (Å²) in [6.07, 6.45) is 4.60. The second-order valence-electron chi connectivity index (χ2n) is 4.70. The smallest absolute Gasteiger partial charge is 0.251 e. The lowest BCUT2D eigenvalue weighted by Crippen LogP contribution is -2.09. The number of anilines is 1. The van der Waals surface area contributed by atoms with E-state index >= 15 is 0 Å². The molecule has 6 heteroatoms. The number of hydrogen-bond donors (Lipinski definition) is 2. The molecule has 0 saturated heterocycles. The number of nitrogens with zero attached hydrogens (tertiary/aromatic N) is 2. The first-order valence-electron chi connectivity index (χ1n) is 7.19. The molecule has 0 aromatic carbocycles. The van der Waals surface area contributed by atoms with Crippen molar-refractivity contribution in [3.05, 3.63) is 40.4 Å². The first-order chi connectivity index (χ1) is 10.2. The third-order valence-corrected chi connectivity index (χ3v) is 3.66. The van der Waals surface area contributed by atoms with Crippen LogP contribution in [0.25, 0.3) is 0 Å². The molecule has 0 amide bonds. The molecule has 0 aliphatic heterocycles. The Morgan fingerprint density at radius 3 is 2.90 bits per heavy atom. The molecule has 0 bridgehead atoms. The Morgan fingerprint density at radius 2 is 2.14 bits per heavy atom. The Hall–Kier alpha value is -1.82. The van der Waals surface area contributed by atoms with Gasteiger partial charge in [0.2, 0.25) is 0 Å². The summed E-state index contributed by atoms with van der Waals surface area (Å²) >= 11 is 1.44. The minimum atomic E-state index is -0.102. The van der Waals surface area contributed by atoms with Gasteiger partial charge >= 0.3 is 0 Å². The number of pyridine rings is 1. The van der Waals surface area contributed by atoms with E-state index in [9.17, 15) is 4.79 Å². The molecule has 2 rings (SSSR count). The number of aromatic amines is 1. The fourth-order valence-corrected chi connectivity index (χ4v) is 2.69. The van der Waals surface area contributed by atoms with E-state index in [-0.39, 0.29) is 5.56 Å². The zero-order valence-corrected chi connectivity index (χ0v) is 13.2. The van der Waals surface area contributed by atoms with Crippen LogP contribution in [-0.2, 0) is 6.42 Å². The van der Waals surface area contributed by atoms with Crippen LogP contribution in [0.3, 0.4) is 0 Å². The Labute approximate surface area is 128 Å². The van der Waals surface area contributed by atoms with Crippen LogP contribution in [0.4, 0.5) is 5.82 Å². The molecule has 2 aromatic heterocycles. The fraction of sp³-hybridized carbons (Fsp3) is 0.400. The van der Waals surface area contributed by atoms with Crippen LogP contribution < -0.4 is 10.9 Å². The number of rotatable bonds is 7. The van der Waals surface area contributed by atoms with Crippen LogP contribution in [0.2, 0.25) is 0 Å². The third kappa shape index (κ3) is 4.90. The van der Waals surface area contributed by atoms with Gasteiger partial charge in [0.1, 0.15) is 5.82 Å². The maximum atomic E-state index is 11.7. The van der Waals surface area contributed by atoms with E-state index in [4.69, 9.17) is 0 Å². The summed E-state index contributed by atoms with van der Waals surface area (Å²) in [5, 5.41) is 3.87. The summed E-state index contributed by atoms with van der Waals surface area (Å²) in [5.74, 6) is 0.842. The molecule has 0 radical (unpaired) electrons. The second kappa shape index (κ2) is 7.83. The van der Waals surface area contributed by atoms with Gasteiger partial charge < -0.3 is 10.3 Å². The molecule has 21 heavy (non-hydrogen) atoms. The van der Waals surface area contributed by atoms with Crippen LogP contribution in [0.5, 0.6) is 0 Å². The molecule has 0 aliphatic carbocycles. The molecular weight excluding hydrogens is 284 g/mol. The highest BCUT2D eigenvalue weighted by Crippen LogP contribution is 2.25. The van der Waals surface area contributed by atoms with E-state index in [1.807, 2.05) is 12.1 Å². The second-order valence-corrected chi connectivity index (χ2v) is 5.76. The molecule has 2 aromatic rings. The predicted molar refractivity (Wildman–Crippen MR) is 86.0 cm³/mol. The van der Waals surface area contributed by atoms with E-state index < -0.39 is 0 Å². The van der Waals surface area contributed by atoms with Crippen LogP contribution in [0, 0.1) is 0 Å². The minimum Gasteiger partial charge on any atom is -0.370 e. The predicted octanol–water partition coefficient (Wildman–Crippen LogP) is 3.09. The van der Waals surface area contributed by atoms with Crippen molar-refractivity contribution in [1.29, 1.82) is 0 Å². The van der Waals surface area contributed by atoms with Crippen molar-refractivity contribution in [3.8, 4) is 0 Å². The normalized spacial score (nSPS) is 10.6. The summed E-state index contributed by atoms with van der Waals surface area (Å²) in [4.78, 5) is 24.2. The lowest BCUT2D eigenvalue weighted by atomic mass is 10.2. The Bertz CT molecular complexity index is 642. The SMILES string of the molecule is CCCNc1cc(Sc2nc(CCC)cc(=O)[nH]2)ccn1. The number of aryl methyl sites for hydroxylation is 1. The summed E-state index contributed by atoms with van der Waals surface area (Å²) in [5.41, 5.74) is 0.733. The largest absolute Gasteiger partial charge is 0.370 e. The molecule has 2 N–H and O–H groups in total. The van der Waals surface area contributed by atoms with Crippen molar-refractivity contribution >= 4 is 17.6 Å². The van der Waals surface area contributed by atoms with Crippen molar-refractivity contribution in [3.63, 3.8) is 0 Å². The molecular formula is C15H20N4OS. The van der Waals surface area contributed by atoms with E-state index in [2.05, 4.69) is 34.1 Å². The summed E-state index contributed by atoms with van der Waals surface area (Å²) in [6, 6.07) is 5.44. The first kappa shape index (κ1) is 15.6. The summed E-state index contributed by atoms with van der Waals surface area (Å²) in [7, 11) is 0. The Balaban J connectivity index is 2.15. The highest BCUT2D eigenvalue weighted by Gasteiger charge is 2.04. The van der Waals surface area contributed by atoms with Crippen LogP contribution >= 0.6 is 11.8 Å². The van der Waals surface area contributed by atoms with Gasteiger partial charge in [0.05, 0.1) is 0 Å². The zero-order chi connectivity index (χ0) is 15.1. The molecule has 2 heterocycles. The van der Waals surface area contributed by atoms with E-state index in [0.717, 1.165) is 42.2 Å². The van der Waals surface area contributed by atoms with Crippen molar-refractivity contribution in [2.45, 2.75) is 43.2 Å². The van der Waals surface area contributed by atoms with Crippen molar-refractivity contribution in [1.82, 2.24) is 15.0 Å². The standard InChI is InChI=1S/C15H20N4OS/c1-3-5-11-9-14(20)19-15(18-11)21-12-6-8-17-13(10-12)16-7-4-2/h6,8-10H,3-5,7H2,1-2H3,(H,16,17)(H,18,19,20). The fourth-order valence-electron chi connectivity index (χ4n) is 1.85. The molecule has 0 unspecified atom stereocenters. The van der Waals surface area contributed by atoms with Crippen molar-refractivity contribution < 1.29 is 0 Å². The number of aromatic nitrogens is 3. The molecule has 0 aliphatic rings. The lowest BCUT2D eigenvalue weighted by molar-refractivity contribution is 0.816. The van der Waals surface area contributed by atoms with Gasteiger partial charge in [0.15, 0.2) is 5.16 Å². The average molecular weight is 304 g/mol. The molecule has 0 atom stereocenters. The van der Waals surface area contributed by atoms with Gasteiger partial charge in [0.25, 0.3) is 5.56 Å². The third-order valence-electron chi connectivity index (χ3n) is 2.78. The van der Waals surface area contributed by atoms with E-state index in [0.29, 0.717) is 5.16 Å². The Morgan fingerprint density at radius 1 is 1.29 bits per heavy atom. The highest BCUT2D eigenvalue weighted by molar-refractivity contribution is 7.99. The summed E-state index contributed by atoms with van der Waals surface area (Å²) in [6.45, 7) is 5.08. The molecule has 0 spiro atoms. The van der Waals surface area contributed by atoms with Gasteiger partial charge in [-0.1, -0.05) is 32.0 Å². The van der Waals surface area contributed by atoms with Crippen LogP contribution in [-0.4, -0.2) is 21.5 Å². The topological polar surface area (TPSA) is 70.7 Å². The van der Waals surface area contributed by atoms with Gasteiger partial charge in [-0.2, -0.15) is 0 Å². The first-order valence-corrected chi connectivity index (χ1v) is 8.01. The van der Waals surface area contributed by atoms with Gasteiger partial charge in [-0.05, 0) is 25.0 Å². The monoisotopic (exact) mass is 304 g/mol. The van der Waals surface area contributed by atoms with Crippen molar-refractivity contribution in [2.75, 3.05) is 11.9 Å². The van der Waals surface area contributed by atoms with Crippen LogP contribution in [0.1, 0.15) is 32.4 Å². The minimum absolute atomic E-state index is 0.102. The maximum Gasteiger partial charge on any atom is 0.251 e. The number of H-pyrrole nitrogens is 1. The highest BCUT2D eigenvalue weighted by atomic mass is 32.2. The zero-order valence-electron chi connectivity index (χ0n) is 12.3. The lowest BCUT2D eigenvalue weighted by Gasteiger charge is -2.06. The van der Waals surface area contributed by atoms with Gasteiger partial charge in [-0.15, -0.1) is 0 Å². The average Bonchev–Trinajstić information content (AvgIpc) is 2.45. The quantitative estimate of drug-likeness (QED) is 0.769. The Kier molecular flexibility index (Phi) is 5.80. The molecule has 0 saturated carbocycles. The number of nitrogens with one attached hydrogen (secondary N) is 2. The molecule has 0 fully saturated rings. The maximum absolute atomic E-state index is 11.7. The number of hydrogen-bond acceptors (Lipinski definition) is 5.